The molecule has 0 aliphatic heterocycles. The zero-order valence-electron chi connectivity index (χ0n) is 21.6. The van der Waals surface area contributed by atoms with Crippen LogP contribution in [-0.2, 0) is 11.3 Å². The van der Waals surface area contributed by atoms with Crippen molar-refractivity contribution in [1.29, 1.82) is 0 Å². The molecule has 0 N–H and O–H groups in total. The molecule has 0 aliphatic rings. The van der Waals surface area contributed by atoms with E-state index in [9.17, 15) is 5.11 Å². The van der Waals surface area contributed by atoms with Crippen molar-refractivity contribution in [2.24, 2.45) is 10.2 Å². The predicted molar refractivity (Wildman–Crippen MR) is 142 cm³/mol. The van der Waals surface area contributed by atoms with Crippen molar-refractivity contribution in [2.45, 2.75) is 20.5 Å². The quantitative estimate of drug-likeness (QED) is 0.187. The monoisotopic (exact) mass is 564 g/mol. The number of azo groups is 1. The van der Waals surface area contributed by atoms with E-state index in [0.717, 1.165) is 28.1 Å². The Morgan fingerprint density at radius 2 is 1.66 bits per heavy atom. The van der Waals surface area contributed by atoms with Gasteiger partial charge < -0.3 is 14.7 Å². The Morgan fingerprint density at radius 1 is 0.971 bits per heavy atom. The van der Waals surface area contributed by atoms with E-state index in [1.807, 2.05) is 63.4 Å². The summed E-state index contributed by atoms with van der Waals surface area (Å²) in [4.78, 5) is 6.51. The Labute approximate surface area is 300 Å². The number of benzene rings is 3. The molecule has 0 saturated carbocycles. The van der Waals surface area contributed by atoms with Crippen molar-refractivity contribution >= 4 is 101 Å². The van der Waals surface area contributed by atoms with Gasteiger partial charge in [-0.2, -0.15) is 0 Å². The first-order chi connectivity index (χ1) is 16.7. The Morgan fingerprint density at radius 3 is 2.34 bits per heavy atom. The summed E-state index contributed by atoms with van der Waals surface area (Å²) in [5.41, 5.74) is 3.77. The van der Waals surface area contributed by atoms with Crippen LogP contribution in [0.1, 0.15) is 19.4 Å². The molecule has 4 aromatic rings. The molecule has 1 aromatic heterocycles. The van der Waals surface area contributed by atoms with Gasteiger partial charge in [0, 0.05) is 19.3 Å². The third-order valence-corrected chi connectivity index (χ3v) is 5.48. The summed E-state index contributed by atoms with van der Waals surface area (Å²) >= 11 is 3.85. The van der Waals surface area contributed by atoms with Gasteiger partial charge in [-0.05, 0) is 35.9 Å². The summed E-state index contributed by atoms with van der Waals surface area (Å²) in [6.07, 6.45) is 0. The number of rotatable bonds is 8. The van der Waals surface area contributed by atoms with Crippen molar-refractivity contribution in [3.05, 3.63) is 78.4 Å². The maximum absolute atomic E-state index is 11.4. The average Bonchev–Trinajstić information content (AvgIpc) is 3.30. The molecule has 0 radical (unpaired) electrons. The van der Waals surface area contributed by atoms with E-state index in [1.165, 1.54) is 86.1 Å². The fourth-order valence-electron chi connectivity index (χ4n) is 2.90. The molecule has 0 bridgehead atoms. The molecular formula is C25H27K3N4O2S. The molecule has 0 fully saturated rings. The molecule has 4 rings (SSSR count). The van der Waals surface area contributed by atoms with Gasteiger partial charge in [0.2, 0.25) is 5.13 Å². The number of anilines is 1. The number of nitrogens with zero attached hydrogens (tertiary/aromatic N) is 4. The minimum absolute atomic E-state index is 0. The van der Waals surface area contributed by atoms with Crippen LogP contribution in [0.5, 0.6) is 5.75 Å². The van der Waals surface area contributed by atoms with Crippen LogP contribution in [0.4, 0.5) is 16.5 Å². The van der Waals surface area contributed by atoms with Crippen LogP contribution in [0.3, 0.4) is 0 Å². The van der Waals surface area contributed by atoms with E-state index in [1.54, 1.807) is 12.1 Å². The first kappa shape index (κ1) is 34.6. The average molecular weight is 565 g/mol. The topological polar surface area (TPSA) is 73.1 Å². The fraction of sp³-hybridized carbons (Fsp3) is 0.240. The van der Waals surface area contributed by atoms with Gasteiger partial charge in [0.15, 0.2) is 0 Å². The third-order valence-electron chi connectivity index (χ3n) is 4.57. The van der Waals surface area contributed by atoms with Crippen LogP contribution in [0.25, 0.3) is 10.2 Å². The SMILES string of the molecule is CC.CN(CCOCc1ccccc1)c1ccc(N=Nc2nc3ccc([O-])cc3s2)cc1.[K+].[K][K]. The molecule has 1 heterocycles. The second-order valence-corrected chi connectivity index (χ2v) is 7.81. The predicted octanol–water partition coefficient (Wildman–Crippen LogP) is 2.71. The van der Waals surface area contributed by atoms with E-state index < -0.39 is 0 Å². The van der Waals surface area contributed by atoms with Crippen molar-refractivity contribution in [3.8, 4) is 5.75 Å². The van der Waals surface area contributed by atoms with Crippen molar-refractivity contribution in [2.75, 3.05) is 25.1 Å². The van der Waals surface area contributed by atoms with E-state index in [4.69, 9.17) is 4.74 Å². The van der Waals surface area contributed by atoms with Crippen LogP contribution in [-0.4, -0.2) is 88.3 Å². The summed E-state index contributed by atoms with van der Waals surface area (Å²) in [7, 11) is 2.04. The number of likely N-dealkylation sites (N-methyl/N-ethyl adjacent to an activating group) is 1. The molecule has 0 spiro atoms. The Bertz CT molecular complexity index is 1140. The van der Waals surface area contributed by atoms with Crippen LogP contribution in [0, 0.1) is 0 Å². The van der Waals surface area contributed by atoms with Gasteiger partial charge >= 0.3 is 115 Å². The van der Waals surface area contributed by atoms with Gasteiger partial charge in [-0.3, -0.25) is 0 Å². The first-order valence-electron chi connectivity index (χ1n) is 11.6. The fourth-order valence-corrected chi connectivity index (χ4v) is 3.72. The number of hydrogen-bond acceptors (Lipinski definition) is 7. The maximum atomic E-state index is 11.4. The van der Waals surface area contributed by atoms with Gasteiger partial charge in [-0.15, -0.1) is 16.0 Å². The van der Waals surface area contributed by atoms with Crippen LogP contribution in [0.2, 0.25) is 0 Å². The Balaban J connectivity index is 0.00000117. The molecule has 0 unspecified atom stereocenters. The number of thiazole rings is 1. The molecule has 0 saturated heterocycles. The van der Waals surface area contributed by atoms with Crippen LogP contribution >= 0.6 is 11.3 Å². The molecule has 0 aliphatic carbocycles. The summed E-state index contributed by atoms with van der Waals surface area (Å²) in [5.74, 6) is -0.0280. The van der Waals surface area contributed by atoms with Gasteiger partial charge in [-0.1, -0.05) is 67.6 Å². The Hall–Kier alpha value is 1.62. The number of hydrogen-bond donors (Lipinski definition) is 0. The summed E-state index contributed by atoms with van der Waals surface area (Å²) in [6.45, 7) is 6.06. The van der Waals surface area contributed by atoms with E-state index in [0.29, 0.717) is 18.3 Å². The number of aromatic nitrogens is 1. The van der Waals surface area contributed by atoms with Gasteiger partial charge in [0.1, 0.15) is 0 Å². The van der Waals surface area contributed by atoms with E-state index in [2.05, 4.69) is 32.2 Å². The molecule has 35 heavy (non-hydrogen) atoms. The standard InChI is InChI=1S/C23H22N4O2S.C2H6.3K/c1-27(13-14-29-16-17-5-3-2-4-6-17)19-9-7-18(8-10-19)25-26-23-24-21-12-11-20(28)15-22(21)30-23;1-2;;;/h2-12,15,28H,13-14,16H2,1H3;1-2H3;;;/q;;;;+1/p-1. The second-order valence-electron chi connectivity index (χ2n) is 6.80. The van der Waals surface area contributed by atoms with E-state index in [-0.39, 0.29) is 57.1 Å². The number of ether oxygens (including phenoxy) is 1. The number of fused-ring (bicyclic) bond motifs is 1. The molecule has 3 aromatic carbocycles. The van der Waals surface area contributed by atoms with Crippen LogP contribution in [0.15, 0.2) is 83.0 Å². The van der Waals surface area contributed by atoms with Gasteiger partial charge in [0.25, 0.3) is 0 Å². The molecule has 168 valence electrons. The zero-order chi connectivity index (χ0) is 24.8. The normalized spacial score (nSPS) is 10.1. The summed E-state index contributed by atoms with van der Waals surface area (Å²) in [5, 5.41) is 20.4. The Kier molecular flexibility index (Phi) is 20.3. The molecule has 10 heteroatoms. The molecular weight excluding hydrogens is 538 g/mol. The molecule has 0 amide bonds. The van der Waals surface area contributed by atoms with Crippen molar-refractivity contribution in [1.82, 2.24) is 4.98 Å². The van der Waals surface area contributed by atoms with Crippen molar-refractivity contribution in [3.63, 3.8) is 0 Å². The van der Waals surface area contributed by atoms with E-state index >= 15 is 0 Å². The van der Waals surface area contributed by atoms with Gasteiger partial charge in [0.05, 0.1) is 29.1 Å². The molecule has 6 nitrogen and oxygen atoms in total. The first-order valence-corrected chi connectivity index (χ1v) is 28.4. The minimum atomic E-state index is -0.0280. The van der Waals surface area contributed by atoms with Gasteiger partial charge in [-0.25, -0.2) is 4.98 Å². The van der Waals surface area contributed by atoms with Crippen LogP contribution < -0.4 is 61.4 Å². The summed E-state index contributed by atoms with van der Waals surface area (Å²) in [6, 6.07) is 22.8. The second kappa shape index (κ2) is 20.5. The van der Waals surface area contributed by atoms with Crippen molar-refractivity contribution < 1.29 is 61.2 Å². The zero-order valence-corrected chi connectivity index (χ0v) is 31.7. The molecule has 0 atom stereocenters. The third kappa shape index (κ3) is 12.6. The summed E-state index contributed by atoms with van der Waals surface area (Å²) < 4.78 is 6.58.